The highest BCUT2D eigenvalue weighted by Crippen LogP contribution is 2.40. The minimum absolute atomic E-state index is 0.461. The van der Waals surface area contributed by atoms with Gasteiger partial charge in [0.2, 0.25) is 0 Å². The van der Waals surface area contributed by atoms with Gasteiger partial charge in [-0.1, -0.05) is 11.6 Å². The Morgan fingerprint density at radius 1 is 1.50 bits per heavy atom. The minimum Gasteiger partial charge on any atom is -0.391 e. The van der Waals surface area contributed by atoms with Crippen molar-refractivity contribution in [2.75, 3.05) is 0 Å². The molecule has 0 bridgehead atoms. The fraction of sp³-hybridized carbons (Fsp3) is 0.462. The second kappa shape index (κ2) is 4.23. The molecule has 1 saturated carbocycles. The van der Waals surface area contributed by atoms with Gasteiger partial charge in [0.05, 0.1) is 23.2 Å². The van der Waals surface area contributed by atoms with Gasteiger partial charge < -0.3 is 15.4 Å². The number of hydrogen-bond acceptors (Lipinski definition) is 3. The highest BCUT2D eigenvalue weighted by atomic mass is 35.5. The van der Waals surface area contributed by atoms with E-state index >= 15 is 0 Å². The predicted molar refractivity (Wildman–Crippen MR) is 71.6 cm³/mol. The fourth-order valence-corrected chi connectivity index (χ4v) is 2.42. The molecule has 1 aliphatic rings. The average molecular weight is 266 g/mol. The van der Waals surface area contributed by atoms with Crippen molar-refractivity contribution in [3.63, 3.8) is 0 Å². The normalized spacial score (nSPS) is 19.1. The van der Waals surface area contributed by atoms with Crippen LogP contribution in [0.2, 0.25) is 5.02 Å². The summed E-state index contributed by atoms with van der Waals surface area (Å²) in [6.45, 7) is 1.69. The largest absolute Gasteiger partial charge is 0.391 e. The van der Waals surface area contributed by atoms with Crippen molar-refractivity contribution in [3.8, 4) is 0 Å². The Labute approximate surface area is 110 Å². The highest BCUT2D eigenvalue weighted by Gasteiger charge is 2.31. The number of aromatic nitrogens is 2. The number of imidazole rings is 1. The number of aliphatic hydroxyl groups is 1. The summed E-state index contributed by atoms with van der Waals surface area (Å²) in [6, 6.07) is 5.69. The van der Waals surface area contributed by atoms with Crippen molar-refractivity contribution in [1.29, 1.82) is 0 Å². The molecule has 0 spiro atoms. The Balaban J connectivity index is 2.20. The van der Waals surface area contributed by atoms with Crippen molar-refractivity contribution >= 4 is 22.6 Å². The molecule has 96 valence electrons. The first-order chi connectivity index (χ1) is 8.58. The Bertz CT molecular complexity index is 589. The molecule has 0 saturated heterocycles. The summed E-state index contributed by atoms with van der Waals surface area (Å²) in [4.78, 5) is 4.55. The molecule has 2 atom stereocenters. The van der Waals surface area contributed by atoms with E-state index in [1.165, 1.54) is 0 Å². The number of aliphatic hydroxyl groups excluding tert-OH is 1. The fourth-order valence-electron chi connectivity index (χ4n) is 2.26. The molecule has 2 aromatic rings. The molecule has 1 heterocycles. The molecule has 1 aliphatic carbocycles. The summed E-state index contributed by atoms with van der Waals surface area (Å²) < 4.78 is 2.16. The van der Waals surface area contributed by atoms with E-state index in [0.717, 1.165) is 29.7 Å². The number of nitrogens with two attached hydrogens (primary N) is 1. The molecule has 5 heteroatoms. The summed E-state index contributed by atoms with van der Waals surface area (Å²) in [7, 11) is 0. The van der Waals surface area contributed by atoms with Crippen molar-refractivity contribution in [2.24, 2.45) is 5.73 Å². The SMILES string of the molecule is CC(O)C(N)c1nc2cc(Cl)ccc2n1C1CC1. The van der Waals surface area contributed by atoms with Crippen LogP contribution < -0.4 is 5.73 Å². The molecule has 1 fully saturated rings. The third kappa shape index (κ3) is 1.90. The lowest BCUT2D eigenvalue weighted by atomic mass is 10.2. The van der Waals surface area contributed by atoms with E-state index in [2.05, 4.69) is 9.55 Å². The summed E-state index contributed by atoms with van der Waals surface area (Å²) in [5, 5.41) is 10.3. The highest BCUT2D eigenvalue weighted by molar-refractivity contribution is 6.31. The smallest absolute Gasteiger partial charge is 0.129 e. The molecule has 0 radical (unpaired) electrons. The molecule has 3 N–H and O–H groups in total. The first-order valence-corrected chi connectivity index (χ1v) is 6.56. The van der Waals surface area contributed by atoms with Crippen LogP contribution in [0.1, 0.15) is 37.7 Å². The van der Waals surface area contributed by atoms with Crippen LogP contribution >= 0.6 is 11.6 Å². The zero-order valence-corrected chi connectivity index (χ0v) is 10.9. The zero-order valence-electron chi connectivity index (χ0n) is 10.2. The third-order valence-corrected chi connectivity index (χ3v) is 3.64. The van der Waals surface area contributed by atoms with Crippen LogP contribution in [0.3, 0.4) is 0 Å². The van der Waals surface area contributed by atoms with Crippen molar-refractivity contribution < 1.29 is 5.11 Å². The van der Waals surface area contributed by atoms with Crippen LogP contribution in [-0.4, -0.2) is 20.8 Å². The standard InChI is InChI=1S/C13H16ClN3O/c1-7(18)12(15)13-16-10-6-8(14)2-5-11(10)17(13)9-3-4-9/h2,5-7,9,12,18H,3-4,15H2,1H3. The summed E-state index contributed by atoms with van der Waals surface area (Å²) in [5.41, 5.74) is 7.94. The van der Waals surface area contributed by atoms with E-state index in [4.69, 9.17) is 17.3 Å². The molecule has 18 heavy (non-hydrogen) atoms. The first-order valence-electron chi connectivity index (χ1n) is 6.19. The molecule has 1 aromatic carbocycles. The van der Waals surface area contributed by atoms with E-state index in [1.807, 2.05) is 18.2 Å². The Hall–Kier alpha value is -1.10. The number of nitrogens with zero attached hydrogens (tertiary/aromatic N) is 2. The predicted octanol–water partition coefficient (Wildman–Crippen LogP) is 2.41. The average Bonchev–Trinajstić information content (AvgIpc) is 3.09. The number of fused-ring (bicyclic) bond motifs is 1. The lowest BCUT2D eigenvalue weighted by molar-refractivity contribution is 0.159. The molecular formula is C13H16ClN3O. The van der Waals surface area contributed by atoms with E-state index < -0.39 is 12.1 Å². The summed E-state index contributed by atoms with van der Waals surface area (Å²) >= 11 is 5.99. The van der Waals surface area contributed by atoms with Crippen molar-refractivity contribution in [1.82, 2.24) is 9.55 Å². The van der Waals surface area contributed by atoms with Crippen LogP contribution in [0.15, 0.2) is 18.2 Å². The van der Waals surface area contributed by atoms with Gasteiger partial charge in [0.15, 0.2) is 0 Å². The quantitative estimate of drug-likeness (QED) is 0.896. The van der Waals surface area contributed by atoms with Gasteiger partial charge in [-0.3, -0.25) is 0 Å². The number of benzene rings is 1. The van der Waals surface area contributed by atoms with Crippen LogP contribution in [0.25, 0.3) is 11.0 Å². The van der Waals surface area contributed by atoms with Gasteiger partial charge in [0.25, 0.3) is 0 Å². The van der Waals surface area contributed by atoms with E-state index in [1.54, 1.807) is 6.92 Å². The topological polar surface area (TPSA) is 64.1 Å². The molecule has 4 nitrogen and oxygen atoms in total. The molecular weight excluding hydrogens is 250 g/mol. The molecule has 3 rings (SSSR count). The molecule has 0 aliphatic heterocycles. The van der Waals surface area contributed by atoms with Gasteiger partial charge >= 0.3 is 0 Å². The van der Waals surface area contributed by atoms with Gasteiger partial charge in [0.1, 0.15) is 5.82 Å². The van der Waals surface area contributed by atoms with Crippen molar-refractivity contribution in [2.45, 2.75) is 38.0 Å². The number of rotatable bonds is 3. The Morgan fingerprint density at radius 3 is 2.83 bits per heavy atom. The van der Waals surface area contributed by atoms with E-state index in [-0.39, 0.29) is 0 Å². The first kappa shape index (κ1) is 12.0. The number of halogens is 1. The number of hydrogen-bond donors (Lipinski definition) is 2. The lowest BCUT2D eigenvalue weighted by Gasteiger charge is -2.16. The zero-order chi connectivity index (χ0) is 12.9. The molecule has 1 aromatic heterocycles. The van der Waals surface area contributed by atoms with Crippen LogP contribution in [0.4, 0.5) is 0 Å². The van der Waals surface area contributed by atoms with Crippen molar-refractivity contribution in [3.05, 3.63) is 29.0 Å². The maximum Gasteiger partial charge on any atom is 0.129 e. The molecule has 0 amide bonds. The van der Waals surface area contributed by atoms with Gasteiger partial charge in [0, 0.05) is 11.1 Å². The van der Waals surface area contributed by atoms with Crippen LogP contribution in [0.5, 0.6) is 0 Å². The maximum absolute atomic E-state index is 9.68. The summed E-state index contributed by atoms with van der Waals surface area (Å²) in [5.74, 6) is 0.754. The van der Waals surface area contributed by atoms with Gasteiger partial charge in [-0.05, 0) is 38.0 Å². The monoisotopic (exact) mass is 265 g/mol. The van der Waals surface area contributed by atoms with Gasteiger partial charge in [-0.2, -0.15) is 0 Å². The van der Waals surface area contributed by atoms with E-state index in [9.17, 15) is 5.11 Å². The second-order valence-electron chi connectivity index (χ2n) is 4.97. The molecule has 2 unspecified atom stereocenters. The van der Waals surface area contributed by atoms with Gasteiger partial charge in [-0.25, -0.2) is 4.98 Å². The van der Waals surface area contributed by atoms with E-state index in [0.29, 0.717) is 11.1 Å². The Morgan fingerprint density at radius 2 is 2.22 bits per heavy atom. The maximum atomic E-state index is 9.68. The Kier molecular flexibility index (Phi) is 2.81. The van der Waals surface area contributed by atoms with Crippen LogP contribution in [0, 0.1) is 0 Å². The minimum atomic E-state index is -0.616. The van der Waals surface area contributed by atoms with Crippen LogP contribution in [-0.2, 0) is 0 Å². The lowest BCUT2D eigenvalue weighted by Crippen LogP contribution is -2.26. The summed E-state index contributed by atoms with van der Waals surface area (Å²) in [6.07, 6.45) is 1.68. The second-order valence-corrected chi connectivity index (χ2v) is 5.41. The third-order valence-electron chi connectivity index (χ3n) is 3.41. The van der Waals surface area contributed by atoms with Gasteiger partial charge in [-0.15, -0.1) is 0 Å².